The van der Waals surface area contributed by atoms with Crippen LogP contribution in [0.1, 0.15) is 49.0 Å². The Balaban J connectivity index is 1.73. The number of rotatable bonds is 3. The van der Waals surface area contributed by atoms with Crippen molar-refractivity contribution in [3.8, 4) is 0 Å². The predicted molar refractivity (Wildman–Crippen MR) is 90.1 cm³/mol. The highest BCUT2D eigenvalue weighted by molar-refractivity contribution is 5.94. The summed E-state index contributed by atoms with van der Waals surface area (Å²) in [6.07, 6.45) is 1.18. The molecule has 2 aliphatic heterocycles. The normalized spacial score (nSPS) is 26.5. The van der Waals surface area contributed by atoms with Gasteiger partial charge in [0.2, 0.25) is 0 Å². The molecule has 2 bridgehead atoms. The second-order valence-corrected chi connectivity index (χ2v) is 7.59. The van der Waals surface area contributed by atoms with Crippen molar-refractivity contribution in [2.24, 2.45) is 11.8 Å². The first-order valence-electron chi connectivity index (χ1n) is 8.55. The lowest BCUT2D eigenvalue weighted by Crippen LogP contribution is -2.42. The van der Waals surface area contributed by atoms with Gasteiger partial charge in [-0.3, -0.25) is 4.79 Å². The van der Waals surface area contributed by atoms with Gasteiger partial charge in [-0.1, -0.05) is 32.9 Å². The molecule has 0 N–H and O–H groups in total. The topological polar surface area (TPSA) is 23.6 Å². The van der Waals surface area contributed by atoms with E-state index >= 15 is 0 Å². The number of benzene rings is 1. The number of hydrogen-bond donors (Lipinski definition) is 0. The molecular formula is C19H28N2O. The molecule has 3 heteroatoms. The van der Waals surface area contributed by atoms with Crippen LogP contribution in [0.15, 0.2) is 24.3 Å². The van der Waals surface area contributed by atoms with Crippen LogP contribution in [0, 0.1) is 11.8 Å². The van der Waals surface area contributed by atoms with E-state index in [1.54, 1.807) is 0 Å². The first-order chi connectivity index (χ1) is 10.5. The van der Waals surface area contributed by atoms with Crippen LogP contribution in [0.4, 0.5) is 0 Å². The Morgan fingerprint density at radius 1 is 1.09 bits per heavy atom. The number of fused-ring (bicyclic) bond motifs is 2. The summed E-state index contributed by atoms with van der Waals surface area (Å²) in [5.74, 6) is 2.03. The molecule has 120 valence electrons. The zero-order valence-electron chi connectivity index (χ0n) is 14.2. The van der Waals surface area contributed by atoms with Gasteiger partial charge in [0.15, 0.2) is 0 Å². The molecule has 3 unspecified atom stereocenters. The molecule has 2 saturated heterocycles. The minimum Gasteiger partial charge on any atom is -0.334 e. The van der Waals surface area contributed by atoms with Crippen molar-refractivity contribution in [1.82, 2.24) is 9.80 Å². The van der Waals surface area contributed by atoms with Crippen molar-refractivity contribution in [2.75, 3.05) is 26.7 Å². The van der Waals surface area contributed by atoms with Gasteiger partial charge in [-0.15, -0.1) is 0 Å². The van der Waals surface area contributed by atoms with Crippen molar-refractivity contribution in [1.29, 1.82) is 0 Å². The SMILES string of the molecule is CC(C)C(C)c1ccc(C(=O)N2CC3CC2CN(C)C3)cc1. The van der Waals surface area contributed by atoms with Crippen LogP contribution in [0.2, 0.25) is 0 Å². The average molecular weight is 300 g/mol. The maximum absolute atomic E-state index is 12.8. The summed E-state index contributed by atoms with van der Waals surface area (Å²) in [5, 5.41) is 0. The number of amides is 1. The van der Waals surface area contributed by atoms with Crippen LogP contribution < -0.4 is 0 Å². The van der Waals surface area contributed by atoms with Gasteiger partial charge < -0.3 is 9.80 Å². The molecule has 2 fully saturated rings. The van der Waals surface area contributed by atoms with Gasteiger partial charge in [-0.25, -0.2) is 0 Å². The minimum atomic E-state index is 0.214. The molecule has 1 amide bonds. The number of piperidine rings is 1. The highest BCUT2D eigenvalue weighted by Gasteiger charge is 2.39. The third-order valence-corrected chi connectivity index (χ3v) is 5.54. The van der Waals surface area contributed by atoms with E-state index in [4.69, 9.17) is 0 Å². The molecule has 2 aliphatic rings. The van der Waals surface area contributed by atoms with Crippen LogP contribution in [-0.2, 0) is 0 Å². The Bertz CT molecular complexity index is 537. The number of likely N-dealkylation sites (tertiary alicyclic amines) is 2. The molecule has 1 aromatic rings. The Hall–Kier alpha value is -1.35. The van der Waals surface area contributed by atoms with Gasteiger partial charge >= 0.3 is 0 Å². The third kappa shape index (κ3) is 2.91. The Kier molecular flexibility index (Phi) is 4.26. The van der Waals surface area contributed by atoms with Crippen molar-refractivity contribution >= 4 is 5.91 Å². The molecule has 0 spiro atoms. The second-order valence-electron chi connectivity index (χ2n) is 7.59. The fraction of sp³-hybridized carbons (Fsp3) is 0.632. The summed E-state index contributed by atoms with van der Waals surface area (Å²) in [4.78, 5) is 17.3. The zero-order chi connectivity index (χ0) is 15.9. The highest BCUT2D eigenvalue weighted by Crippen LogP contribution is 2.30. The molecular weight excluding hydrogens is 272 g/mol. The van der Waals surface area contributed by atoms with Crippen molar-refractivity contribution < 1.29 is 4.79 Å². The summed E-state index contributed by atoms with van der Waals surface area (Å²) in [6, 6.07) is 8.70. The van der Waals surface area contributed by atoms with Crippen LogP contribution in [0.25, 0.3) is 0 Å². The Labute approximate surface area is 134 Å². The fourth-order valence-corrected chi connectivity index (χ4v) is 3.92. The number of carbonyl (C=O) groups excluding carboxylic acids is 1. The number of carbonyl (C=O) groups is 1. The lowest BCUT2D eigenvalue weighted by atomic mass is 9.90. The molecule has 3 atom stereocenters. The number of hydrogen-bond acceptors (Lipinski definition) is 2. The molecule has 0 radical (unpaired) electrons. The Morgan fingerprint density at radius 3 is 2.41 bits per heavy atom. The van der Waals surface area contributed by atoms with Crippen LogP contribution in [0.5, 0.6) is 0 Å². The van der Waals surface area contributed by atoms with Gasteiger partial charge in [0.05, 0.1) is 0 Å². The predicted octanol–water partition coefficient (Wildman–Crippen LogP) is 3.22. The van der Waals surface area contributed by atoms with E-state index in [9.17, 15) is 4.79 Å². The Morgan fingerprint density at radius 2 is 1.77 bits per heavy atom. The molecule has 2 heterocycles. The first-order valence-corrected chi connectivity index (χ1v) is 8.55. The van der Waals surface area contributed by atoms with Gasteiger partial charge in [0.25, 0.3) is 5.91 Å². The minimum absolute atomic E-state index is 0.214. The van der Waals surface area contributed by atoms with E-state index in [-0.39, 0.29) is 5.91 Å². The van der Waals surface area contributed by atoms with Crippen LogP contribution >= 0.6 is 0 Å². The maximum atomic E-state index is 12.8. The lowest BCUT2D eigenvalue weighted by molar-refractivity contribution is 0.0722. The van der Waals surface area contributed by atoms with Crippen molar-refractivity contribution in [3.05, 3.63) is 35.4 Å². The summed E-state index contributed by atoms with van der Waals surface area (Å²) in [7, 11) is 2.16. The largest absolute Gasteiger partial charge is 0.334 e. The summed E-state index contributed by atoms with van der Waals surface area (Å²) in [6.45, 7) is 9.81. The van der Waals surface area contributed by atoms with E-state index in [0.717, 1.165) is 25.2 Å². The number of likely N-dealkylation sites (N-methyl/N-ethyl adjacent to an activating group) is 1. The van der Waals surface area contributed by atoms with Gasteiger partial charge in [-0.2, -0.15) is 0 Å². The maximum Gasteiger partial charge on any atom is 0.254 e. The van der Waals surface area contributed by atoms with E-state index in [1.807, 2.05) is 12.1 Å². The number of nitrogens with zero attached hydrogens (tertiary/aromatic N) is 2. The molecule has 3 rings (SSSR count). The summed E-state index contributed by atoms with van der Waals surface area (Å²) >= 11 is 0. The highest BCUT2D eigenvalue weighted by atomic mass is 16.2. The molecule has 3 nitrogen and oxygen atoms in total. The zero-order valence-corrected chi connectivity index (χ0v) is 14.2. The molecule has 1 aromatic carbocycles. The van der Waals surface area contributed by atoms with E-state index < -0.39 is 0 Å². The molecule has 0 aliphatic carbocycles. The van der Waals surface area contributed by atoms with Gasteiger partial charge in [-0.05, 0) is 48.9 Å². The average Bonchev–Trinajstić information content (AvgIpc) is 2.80. The quantitative estimate of drug-likeness (QED) is 0.855. The first kappa shape index (κ1) is 15.5. The summed E-state index contributed by atoms with van der Waals surface area (Å²) in [5.41, 5.74) is 2.17. The molecule has 0 aromatic heterocycles. The third-order valence-electron chi connectivity index (χ3n) is 5.54. The van der Waals surface area contributed by atoms with Gasteiger partial charge in [0, 0.05) is 31.2 Å². The van der Waals surface area contributed by atoms with E-state index in [1.165, 1.54) is 12.0 Å². The fourth-order valence-electron chi connectivity index (χ4n) is 3.92. The molecule has 22 heavy (non-hydrogen) atoms. The standard InChI is InChI=1S/C19H28N2O/c1-13(2)14(3)16-5-7-17(8-6-16)19(22)21-11-15-9-18(21)12-20(4)10-15/h5-8,13-15,18H,9-12H2,1-4H3. The van der Waals surface area contributed by atoms with Gasteiger partial charge in [0.1, 0.15) is 0 Å². The monoisotopic (exact) mass is 300 g/mol. The van der Waals surface area contributed by atoms with E-state index in [2.05, 4.69) is 49.8 Å². The molecule has 0 saturated carbocycles. The smallest absolute Gasteiger partial charge is 0.254 e. The van der Waals surface area contributed by atoms with Crippen molar-refractivity contribution in [2.45, 2.75) is 39.2 Å². The second kappa shape index (κ2) is 6.04. The van der Waals surface area contributed by atoms with Crippen LogP contribution in [0.3, 0.4) is 0 Å². The lowest BCUT2D eigenvalue weighted by Gasteiger charge is -2.30. The summed E-state index contributed by atoms with van der Waals surface area (Å²) < 4.78 is 0. The van der Waals surface area contributed by atoms with E-state index in [0.29, 0.717) is 23.8 Å². The van der Waals surface area contributed by atoms with Crippen LogP contribution in [-0.4, -0.2) is 48.4 Å². The van der Waals surface area contributed by atoms with Crippen molar-refractivity contribution in [3.63, 3.8) is 0 Å².